The summed E-state index contributed by atoms with van der Waals surface area (Å²) in [5.74, 6) is 2.29. The van der Waals surface area contributed by atoms with Gasteiger partial charge >= 0.3 is 5.97 Å². The Morgan fingerprint density at radius 2 is 2.23 bits per heavy atom. The van der Waals surface area contributed by atoms with Crippen LogP contribution in [0.1, 0.15) is 65.7 Å². The fourth-order valence-corrected chi connectivity index (χ4v) is 6.24. The highest BCUT2D eigenvalue weighted by atomic mass is 79.9. The number of hydrogen-bond acceptors (Lipinski definition) is 2. The fourth-order valence-electron chi connectivity index (χ4n) is 5.69. The van der Waals surface area contributed by atoms with Crippen LogP contribution >= 0.6 is 15.9 Å². The standard InChI is InChI=1S/C19H29BrO2/c1-12(9-15-10-13(2)18(21)22-15)16-6-7-17-14(11-20)5-4-8-19(16,17)3/h11-13,15-17H,4-10H2,1-3H3/t12-,13+,15+,16-,17+,19-/m1/s1. The molecular weight excluding hydrogens is 340 g/mol. The molecule has 124 valence electrons. The average molecular weight is 369 g/mol. The lowest BCUT2D eigenvalue weighted by Crippen LogP contribution is -2.36. The zero-order valence-corrected chi connectivity index (χ0v) is 15.7. The highest BCUT2D eigenvalue weighted by Gasteiger charge is 2.51. The molecule has 0 aromatic carbocycles. The Bertz CT molecular complexity index is 472. The van der Waals surface area contributed by atoms with E-state index in [0.717, 1.165) is 24.7 Å². The average Bonchev–Trinajstić information content (AvgIpc) is 2.98. The summed E-state index contributed by atoms with van der Waals surface area (Å²) in [5, 5.41) is 0. The third-order valence-electron chi connectivity index (χ3n) is 6.80. The predicted octanol–water partition coefficient (Wildman–Crippen LogP) is 5.46. The van der Waals surface area contributed by atoms with Crippen molar-refractivity contribution in [3.8, 4) is 0 Å². The van der Waals surface area contributed by atoms with Gasteiger partial charge in [-0.25, -0.2) is 0 Å². The van der Waals surface area contributed by atoms with Gasteiger partial charge in [-0.2, -0.15) is 0 Å². The number of carbonyl (C=O) groups excluding carboxylic acids is 1. The van der Waals surface area contributed by atoms with Crippen molar-refractivity contribution in [1.82, 2.24) is 0 Å². The van der Waals surface area contributed by atoms with E-state index >= 15 is 0 Å². The molecule has 1 saturated heterocycles. The first kappa shape index (κ1) is 16.5. The summed E-state index contributed by atoms with van der Waals surface area (Å²) < 4.78 is 5.56. The van der Waals surface area contributed by atoms with Gasteiger partial charge in [-0.1, -0.05) is 42.3 Å². The van der Waals surface area contributed by atoms with E-state index in [1.165, 1.54) is 32.1 Å². The van der Waals surface area contributed by atoms with Gasteiger partial charge in [0.1, 0.15) is 6.10 Å². The second-order valence-electron chi connectivity index (χ2n) is 8.19. The summed E-state index contributed by atoms with van der Waals surface area (Å²) in [4.78, 5) is 13.8. The first-order valence-corrected chi connectivity index (χ1v) is 9.87. The molecule has 3 fully saturated rings. The van der Waals surface area contributed by atoms with Crippen molar-refractivity contribution in [3.63, 3.8) is 0 Å². The Hall–Kier alpha value is -0.310. The van der Waals surface area contributed by atoms with Crippen molar-refractivity contribution in [2.24, 2.45) is 29.1 Å². The summed E-state index contributed by atoms with van der Waals surface area (Å²) in [6.45, 7) is 6.90. The van der Waals surface area contributed by atoms with E-state index in [1.807, 2.05) is 6.92 Å². The molecule has 3 aliphatic rings. The number of ether oxygens (including phenoxy) is 1. The third-order valence-corrected chi connectivity index (χ3v) is 7.39. The molecule has 2 nitrogen and oxygen atoms in total. The summed E-state index contributed by atoms with van der Waals surface area (Å²) in [6, 6.07) is 0. The van der Waals surface area contributed by atoms with Crippen LogP contribution in [0.3, 0.4) is 0 Å². The smallest absolute Gasteiger partial charge is 0.309 e. The van der Waals surface area contributed by atoms with E-state index in [-0.39, 0.29) is 18.0 Å². The van der Waals surface area contributed by atoms with Gasteiger partial charge in [0, 0.05) is 0 Å². The maximum Gasteiger partial charge on any atom is 0.309 e. The van der Waals surface area contributed by atoms with Gasteiger partial charge in [0.05, 0.1) is 5.92 Å². The number of allylic oxidation sites excluding steroid dienone is 1. The SMILES string of the molecule is C[C@H](C[C@H]1C[C@H](C)C(=O)O1)[C@H]1CC[C@H]2C(=CBr)CCC[C@]12C. The zero-order valence-electron chi connectivity index (χ0n) is 14.1. The molecule has 1 aliphatic heterocycles. The largest absolute Gasteiger partial charge is 0.462 e. The topological polar surface area (TPSA) is 26.3 Å². The van der Waals surface area contributed by atoms with Gasteiger partial charge in [-0.05, 0) is 73.1 Å². The van der Waals surface area contributed by atoms with Crippen LogP contribution in [0.4, 0.5) is 0 Å². The number of halogens is 1. The Morgan fingerprint density at radius 3 is 2.86 bits per heavy atom. The van der Waals surface area contributed by atoms with Crippen LogP contribution < -0.4 is 0 Å². The first-order valence-electron chi connectivity index (χ1n) is 8.95. The van der Waals surface area contributed by atoms with Crippen LogP contribution in [0, 0.1) is 29.1 Å². The number of carbonyl (C=O) groups is 1. The van der Waals surface area contributed by atoms with Crippen molar-refractivity contribution >= 4 is 21.9 Å². The fraction of sp³-hybridized carbons (Fsp3) is 0.842. The molecule has 0 N–H and O–H groups in total. The minimum atomic E-state index is 0.00915. The molecule has 0 aromatic rings. The Balaban J connectivity index is 1.68. The molecule has 3 heteroatoms. The summed E-state index contributed by atoms with van der Waals surface area (Å²) in [7, 11) is 0. The van der Waals surface area contributed by atoms with Crippen LogP contribution in [0.15, 0.2) is 10.6 Å². The highest BCUT2D eigenvalue weighted by Crippen LogP contribution is 2.60. The Morgan fingerprint density at radius 1 is 1.45 bits per heavy atom. The van der Waals surface area contributed by atoms with Crippen LogP contribution in [-0.4, -0.2) is 12.1 Å². The lowest BCUT2D eigenvalue weighted by molar-refractivity contribution is -0.144. The van der Waals surface area contributed by atoms with E-state index < -0.39 is 0 Å². The van der Waals surface area contributed by atoms with Crippen molar-refractivity contribution in [1.29, 1.82) is 0 Å². The van der Waals surface area contributed by atoms with Crippen molar-refractivity contribution < 1.29 is 9.53 Å². The summed E-state index contributed by atoms with van der Waals surface area (Å²) >= 11 is 3.59. The zero-order chi connectivity index (χ0) is 15.9. The molecule has 22 heavy (non-hydrogen) atoms. The first-order chi connectivity index (χ1) is 10.5. The maximum atomic E-state index is 11.6. The number of hydrogen-bond donors (Lipinski definition) is 0. The Labute approximate surface area is 143 Å². The molecule has 1 heterocycles. The molecule has 2 saturated carbocycles. The normalized spacial score (nSPS) is 44.9. The van der Waals surface area contributed by atoms with Gasteiger partial charge in [0.25, 0.3) is 0 Å². The minimum absolute atomic E-state index is 0.00915. The van der Waals surface area contributed by atoms with Gasteiger partial charge in [0.2, 0.25) is 0 Å². The monoisotopic (exact) mass is 368 g/mol. The lowest BCUT2D eigenvalue weighted by Gasteiger charge is -2.44. The highest BCUT2D eigenvalue weighted by molar-refractivity contribution is 9.11. The predicted molar refractivity (Wildman–Crippen MR) is 92.6 cm³/mol. The molecule has 0 unspecified atom stereocenters. The number of fused-ring (bicyclic) bond motifs is 1. The maximum absolute atomic E-state index is 11.6. The molecule has 0 bridgehead atoms. The number of esters is 1. The van der Waals surface area contributed by atoms with E-state index in [2.05, 4.69) is 34.8 Å². The van der Waals surface area contributed by atoms with E-state index in [1.54, 1.807) is 5.57 Å². The molecule has 0 radical (unpaired) electrons. The lowest BCUT2D eigenvalue weighted by atomic mass is 9.61. The molecular formula is C19H29BrO2. The van der Waals surface area contributed by atoms with Gasteiger partial charge in [-0.15, -0.1) is 0 Å². The van der Waals surface area contributed by atoms with Gasteiger partial charge < -0.3 is 4.74 Å². The van der Waals surface area contributed by atoms with Crippen LogP contribution in [-0.2, 0) is 9.53 Å². The van der Waals surface area contributed by atoms with Crippen LogP contribution in [0.25, 0.3) is 0 Å². The van der Waals surface area contributed by atoms with Crippen molar-refractivity contribution in [2.75, 3.05) is 0 Å². The second-order valence-corrected chi connectivity index (χ2v) is 8.65. The van der Waals surface area contributed by atoms with E-state index in [9.17, 15) is 4.79 Å². The quantitative estimate of drug-likeness (QED) is 0.618. The number of cyclic esters (lactones) is 1. The molecule has 0 aromatic heterocycles. The molecule has 0 amide bonds. The minimum Gasteiger partial charge on any atom is -0.462 e. The Kier molecular flexibility index (Phi) is 4.74. The molecule has 6 atom stereocenters. The number of rotatable bonds is 3. The summed E-state index contributed by atoms with van der Waals surface area (Å²) in [5.41, 5.74) is 2.08. The van der Waals surface area contributed by atoms with Crippen molar-refractivity contribution in [2.45, 2.75) is 71.8 Å². The molecule has 0 spiro atoms. The molecule has 3 rings (SSSR count). The second kappa shape index (κ2) is 6.30. The van der Waals surface area contributed by atoms with Crippen LogP contribution in [0.5, 0.6) is 0 Å². The molecule has 2 aliphatic carbocycles. The van der Waals surface area contributed by atoms with Crippen LogP contribution in [0.2, 0.25) is 0 Å². The van der Waals surface area contributed by atoms with E-state index in [0.29, 0.717) is 11.3 Å². The summed E-state index contributed by atoms with van der Waals surface area (Å²) in [6.07, 6.45) is 8.76. The van der Waals surface area contributed by atoms with Gasteiger partial charge in [-0.3, -0.25) is 4.79 Å². The van der Waals surface area contributed by atoms with Crippen molar-refractivity contribution in [3.05, 3.63) is 10.6 Å². The van der Waals surface area contributed by atoms with E-state index in [4.69, 9.17) is 4.74 Å². The third kappa shape index (κ3) is 2.79. The van der Waals surface area contributed by atoms with Gasteiger partial charge in [0.15, 0.2) is 0 Å².